The first kappa shape index (κ1) is 11.7. The second kappa shape index (κ2) is 7.03. The van der Waals surface area contributed by atoms with Crippen LogP contribution in [-0.2, 0) is 16.5 Å². The molecule has 0 aliphatic carbocycles. The molecule has 1 fully saturated rings. The van der Waals surface area contributed by atoms with E-state index >= 15 is 0 Å². The highest BCUT2D eigenvalue weighted by Gasteiger charge is 2.23. The van der Waals surface area contributed by atoms with E-state index in [1.54, 1.807) is 0 Å². The van der Waals surface area contributed by atoms with Crippen molar-refractivity contribution in [2.45, 2.75) is 25.4 Å². The fourth-order valence-corrected chi connectivity index (χ4v) is 10.6. The fourth-order valence-electron chi connectivity index (χ4n) is 1.12. The summed E-state index contributed by atoms with van der Waals surface area (Å²) < 4.78 is 21.8. The Bertz CT molecular complexity index is 133. The van der Waals surface area contributed by atoms with Gasteiger partial charge in [0.1, 0.15) is 0 Å². The van der Waals surface area contributed by atoms with Gasteiger partial charge in [0.05, 0.1) is 0 Å². The first-order valence-electron chi connectivity index (χ1n) is 4.49. The van der Waals surface area contributed by atoms with Crippen molar-refractivity contribution in [3.63, 3.8) is 0 Å². The SMILES string of the molecule is CCCC(N)[SiH]1O[SiH2]O[SiH2]O[SiH2]O1. The molecular formula is C4H17NO4Si4. The van der Waals surface area contributed by atoms with E-state index in [4.69, 9.17) is 22.2 Å². The van der Waals surface area contributed by atoms with Crippen molar-refractivity contribution >= 4 is 39.3 Å². The summed E-state index contributed by atoms with van der Waals surface area (Å²) in [5.74, 6) is 0. The summed E-state index contributed by atoms with van der Waals surface area (Å²) in [5.41, 5.74) is 6.04. The van der Waals surface area contributed by atoms with E-state index in [1.807, 2.05) is 0 Å². The van der Waals surface area contributed by atoms with E-state index in [0.29, 0.717) is 0 Å². The van der Waals surface area contributed by atoms with Gasteiger partial charge in [0, 0.05) is 5.67 Å². The Balaban J connectivity index is 2.27. The van der Waals surface area contributed by atoms with Crippen LogP contribution in [0.4, 0.5) is 0 Å². The average molecular weight is 256 g/mol. The standard InChI is InChI=1S/C4H17NO4Si4/c1-2-3-4(5)13-8-11-6-10-7-12-9-13/h4,13H,2-3,5,10-12H2,1H3. The molecule has 0 amide bonds. The maximum Gasteiger partial charge on any atom is 0.320 e. The van der Waals surface area contributed by atoms with Crippen LogP contribution in [0.1, 0.15) is 19.8 Å². The largest absolute Gasteiger partial charge is 0.425 e. The van der Waals surface area contributed by atoms with Gasteiger partial charge < -0.3 is 22.2 Å². The highest BCUT2D eigenvalue weighted by Crippen LogP contribution is 2.02. The van der Waals surface area contributed by atoms with E-state index in [2.05, 4.69) is 6.92 Å². The number of hydrogen-bond acceptors (Lipinski definition) is 5. The molecule has 1 aliphatic heterocycles. The van der Waals surface area contributed by atoms with Crippen LogP contribution in [0.5, 0.6) is 0 Å². The van der Waals surface area contributed by atoms with Gasteiger partial charge in [-0.1, -0.05) is 13.3 Å². The Morgan fingerprint density at radius 2 is 1.85 bits per heavy atom. The van der Waals surface area contributed by atoms with Crippen LogP contribution in [0.25, 0.3) is 0 Å². The number of nitrogens with two attached hydrogens (primary N) is 1. The third kappa shape index (κ3) is 4.62. The quantitative estimate of drug-likeness (QED) is 0.543. The van der Waals surface area contributed by atoms with Crippen LogP contribution in [0.2, 0.25) is 0 Å². The van der Waals surface area contributed by atoms with Crippen LogP contribution in [-0.4, -0.2) is 45.0 Å². The van der Waals surface area contributed by atoms with Gasteiger partial charge in [0.2, 0.25) is 0 Å². The Labute approximate surface area is 87.3 Å². The van der Waals surface area contributed by atoms with Crippen LogP contribution in [0.15, 0.2) is 0 Å². The Morgan fingerprint density at radius 1 is 1.23 bits per heavy atom. The number of rotatable bonds is 3. The average Bonchev–Trinajstić information content (AvgIpc) is 2.03. The maximum atomic E-state index is 5.94. The molecule has 0 bridgehead atoms. The zero-order chi connectivity index (χ0) is 9.52. The highest BCUT2D eigenvalue weighted by molar-refractivity contribution is 6.61. The third-order valence-electron chi connectivity index (χ3n) is 1.77. The molecule has 0 saturated carbocycles. The van der Waals surface area contributed by atoms with E-state index in [1.165, 1.54) is 0 Å². The summed E-state index contributed by atoms with van der Waals surface area (Å²) in [6.45, 7) is 2.12. The van der Waals surface area contributed by atoms with Gasteiger partial charge in [-0.2, -0.15) is 0 Å². The molecule has 0 aromatic rings. The van der Waals surface area contributed by atoms with E-state index < -0.39 is 39.3 Å². The van der Waals surface area contributed by atoms with Crippen molar-refractivity contribution in [1.29, 1.82) is 0 Å². The fraction of sp³-hybridized carbons (Fsp3) is 1.00. The van der Waals surface area contributed by atoms with Gasteiger partial charge in [0.25, 0.3) is 30.0 Å². The van der Waals surface area contributed by atoms with Crippen LogP contribution in [0.3, 0.4) is 0 Å². The first-order valence-corrected chi connectivity index (χ1v) is 9.56. The minimum Gasteiger partial charge on any atom is -0.425 e. The molecular weight excluding hydrogens is 238 g/mol. The van der Waals surface area contributed by atoms with Crippen molar-refractivity contribution in [3.8, 4) is 0 Å². The van der Waals surface area contributed by atoms with Gasteiger partial charge in [-0.05, 0) is 6.42 Å². The summed E-state index contributed by atoms with van der Waals surface area (Å²) in [7, 11) is -4.07. The van der Waals surface area contributed by atoms with Gasteiger partial charge in [-0.25, -0.2) is 0 Å². The molecule has 9 heteroatoms. The highest BCUT2D eigenvalue weighted by atomic mass is 28.4. The predicted molar refractivity (Wildman–Crippen MR) is 60.0 cm³/mol. The molecule has 1 saturated heterocycles. The van der Waals surface area contributed by atoms with Crippen LogP contribution < -0.4 is 5.73 Å². The molecule has 1 unspecified atom stereocenters. The van der Waals surface area contributed by atoms with E-state index in [-0.39, 0.29) is 5.67 Å². The smallest absolute Gasteiger partial charge is 0.320 e. The maximum absolute atomic E-state index is 5.94. The lowest BCUT2D eigenvalue weighted by Crippen LogP contribution is -2.47. The molecule has 1 rings (SSSR count). The van der Waals surface area contributed by atoms with Crippen LogP contribution in [0, 0.1) is 0 Å². The summed E-state index contributed by atoms with van der Waals surface area (Å²) >= 11 is 0. The molecule has 13 heavy (non-hydrogen) atoms. The molecule has 5 nitrogen and oxygen atoms in total. The van der Waals surface area contributed by atoms with Crippen molar-refractivity contribution in [1.82, 2.24) is 0 Å². The minimum atomic E-state index is -1.64. The summed E-state index contributed by atoms with van der Waals surface area (Å²) in [5, 5.41) is 0. The Kier molecular flexibility index (Phi) is 6.34. The van der Waals surface area contributed by atoms with Crippen molar-refractivity contribution < 1.29 is 16.5 Å². The second-order valence-electron chi connectivity index (χ2n) is 2.92. The van der Waals surface area contributed by atoms with E-state index in [9.17, 15) is 0 Å². The molecule has 78 valence electrons. The minimum absolute atomic E-state index is 0.108. The lowest BCUT2D eigenvalue weighted by molar-refractivity contribution is 0.318. The van der Waals surface area contributed by atoms with Gasteiger partial charge in [-0.3, -0.25) is 0 Å². The molecule has 0 radical (unpaired) electrons. The number of hydrogen-bond donors (Lipinski definition) is 1. The lowest BCUT2D eigenvalue weighted by Gasteiger charge is -2.24. The summed E-state index contributed by atoms with van der Waals surface area (Å²) in [4.78, 5) is 0. The first-order chi connectivity index (χ1) is 6.34. The molecule has 1 atom stereocenters. The van der Waals surface area contributed by atoms with Gasteiger partial charge >= 0.3 is 9.28 Å². The second-order valence-corrected chi connectivity index (χ2v) is 11.1. The lowest BCUT2D eigenvalue weighted by atomic mass is 10.3. The topological polar surface area (TPSA) is 62.9 Å². The molecule has 0 aromatic heterocycles. The molecule has 0 aromatic carbocycles. The monoisotopic (exact) mass is 255 g/mol. The third-order valence-corrected chi connectivity index (χ3v) is 9.19. The van der Waals surface area contributed by atoms with Crippen LogP contribution >= 0.6 is 0 Å². The zero-order valence-electron chi connectivity index (χ0n) is 7.90. The zero-order valence-corrected chi connectivity index (χ0v) is 13.3. The van der Waals surface area contributed by atoms with Gasteiger partial charge in [0.15, 0.2) is 0 Å². The molecule has 0 spiro atoms. The Morgan fingerprint density at radius 3 is 2.38 bits per heavy atom. The van der Waals surface area contributed by atoms with Gasteiger partial charge in [-0.15, -0.1) is 0 Å². The van der Waals surface area contributed by atoms with Crippen molar-refractivity contribution in [2.75, 3.05) is 0 Å². The summed E-state index contributed by atoms with van der Waals surface area (Å²) in [6.07, 6.45) is 2.06. The van der Waals surface area contributed by atoms with Crippen molar-refractivity contribution in [2.24, 2.45) is 5.73 Å². The normalized spacial score (nSPS) is 33.2. The van der Waals surface area contributed by atoms with E-state index in [0.717, 1.165) is 12.8 Å². The summed E-state index contributed by atoms with van der Waals surface area (Å²) in [6, 6.07) is 0. The molecule has 1 heterocycles. The molecule has 1 aliphatic rings. The van der Waals surface area contributed by atoms with Crippen molar-refractivity contribution in [3.05, 3.63) is 0 Å². The Hall–Kier alpha value is 0.668. The predicted octanol–water partition coefficient (Wildman–Crippen LogP) is -3.05. The molecule has 2 N–H and O–H groups in total.